The van der Waals surface area contributed by atoms with Crippen molar-refractivity contribution in [1.29, 1.82) is 0 Å². The lowest BCUT2D eigenvalue weighted by Gasteiger charge is -2.28. The fourth-order valence-corrected chi connectivity index (χ4v) is 7.29. The van der Waals surface area contributed by atoms with Gasteiger partial charge >= 0.3 is 0 Å². The highest BCUT2D eigenvalue weighted by Crippen LogP contribution is 2.35. The van der Waals surface area contributed by atoms with Crippen molar-refractivity contribution in [2.75, 3.05) is 19.6 Å². The highest BCUT2D eigenvalue weighted by molar-refractivity contribution is 7.91. The Morgan fingerprint density at radius 2 is 1.81 bits per heavy atom. The summed E-state index contributed by atoms with van der Waals surface area (Å²) in [6.07, 6.45) is 5.32. The second-order valence-electron chi connectivity index (χ2n) is 8.26. The van der Waals surface area contributed by atoms with Gasteiger partial charge in [0.05, 0.1) is 0 Å². The van der Waals surface area contributed by atoms with Gasteiger partial charge in [-0.3, -0.25) is 4.90 Å². The van der Waals surface area contributed by atoms with Crippen LogP contribution in [0.4, 0.5) is 0 Å². The molecular weight excluding hydrogens is 483 g/mol. The Labute approximate surface area is 206 Å². The Hall–Kier alpha value is -1.15. The number of thiophene rings is 1. The highest BCUT2D eigenvalue weighted by Gasteiger charge is 2.21. The van der Waals surface area contributed by atoms with E-state index < -0.39 is 10.0 Å². The third kappa shape index (κ3) is 6.04. The van der Waals surface area contributed by atoms with Gasteiger partial charge in [0, 0.05) is 29.4 Å². The molecule has 0 amide bonds. The Morgan fingerprint density at radius 1 is 1.06 bits per heavy atom. The molecule has 0 saturated heterocycles. The van der Waals surface area contributed by atoms with Crippen LogP contribution in [0.15, 0.2) is 46.7 Å². The molecule has 1 aliphatic heterocycles. The van der Waals surface area contributed by atoms with Crippen molar-refractivity contribution in [2.45, 2.75) is 49.8 Å². The van der Waals surface area contributed by atoms with Crippen molar-refractivity contribution in [3.63, 3.8) is 0 Å². The Bertz CT molecular complexity index is 1160. The molecule has 1 N–H and O–H groups in total. The Kier molecular flexibility index (Phi) is 9.01. The molecule has 1 aromatic heterocycles. The molecule has 0 saturated carbocycles. The maximum atomic E-state index is 12.8. The average Bonchev–Trinajstić information content (AvgIpc) is 3.09. The maximum Gasteiger partial charge on any atom is 0.250 e. The van der Waals surface area contributed by atoms with Gasteiger partial charge in [0.15, 0.2) is 0 Å². The molecule has 2 heterocycles. The topological polar surface area (TPSA) is 49.4 Å². The van der Waals surface area contributed by atoms with E-state index in [-0.39, 0.29) is 12.4 Å². The monoisotopic (exact) mass is 512 g/mol. The zero-order valence-electron chi connectivity index (χ0n) is 18.3. The number of nitrogens with one attached hydrogen (secondary N) is 1. The molecule has 0 radical (unpaired) electrons. The van der Waals surface area contributed by atoms with E-state index in [9.17, 15) is 8.42 Å². The SMILES string of the molecule is Cc1c(S(=O)(=O)NCCCCCCN2CCc3ccccc3C2)sc2ccc(Cl)cc12.Cl. The van der Waals surface area contributed by atoms with E-state index in [1.807, 2.05) is 19.1 Å². The lowest BCUT2D eigenvalue weighted by molar-refractivity contribution is 0.248. The fraction of sp³-hybridized carbons (Fsp3) is 0.417. The van der Waals surface area contributed by atoms with Crippen LogP contribution in [0.25, 0.3) is 10.1 Å². The zero-order valence-corrected chi connectivity index (χ0v) is 21.5. The lowest BCUT2D eigenvalue weighted by Crippen LogP contribution is -2.31. The molecular formula is C24H30Cl2N2O2S2. The molecule has 0 atom stereocenters. The van der Waals surface area contributed by atoms with Gasteiger partial charge in [0.2, 0.25) is 10.0 Å². The smallest absolute Gasteiger partial charge is 0.250 e. The first-order chi connectivity index (χ1) is 14.9. The fourth-order valence-electron chi connectivity index (χ4n) is 4.26. The van der Waals surface area contributed by atoms with Crippen molar-refractivity contribution in [1.82, 2.24) is 9.62 Å². The number of sulfonamides is 1. The van der Waals surface area contributed by atoms with Crippen LogP contribution in [0, 0.1) is 6.92 Å². The first-order valence-corrected chi connectivity index (χ1v) is 13.6. The molecule has 8 heteroatoms. The van der Waals surface area contributed by atoms with Gasteiger partial charge in [-0.15, -0.1) is 23.7 Å². The van der Waals surface area contributed by atoms with Crippen LogP contribution in [0.2, 0.25) is 5.02 Å². The number of fused-ring (bicyclic) bond motifs is 2. The Morgan fingerprint density at radius 3 is 2.62 bits per heavy atom. The Balaban J connectivity index is 0.00000289. The van der Waals surface area contributed by atoms with Gasteiger partial charge in [-0.1, -0.05) is 48.7 Å². The standard InChI is InChI=1S/C24H29ClN2O2S2.ClH/c1-18-22-16-21(25)10-11-23(22)30-24(18)31(28,29)26-13-6-2-3-7-14-27-15-12-19-8-4-5-9-20(19)17-27;/h4-5,8-11,16,26H,2-3,6-7,12-15,17H2,1H3;1H. The second-order valence-corrected chi connectivity index (χ2v) is 11.7. The highest BCUT2D eigenvalue weighted by atomic mass is 35.5. The molecule has 0 fully saturated rings. The van der Waals surface area contributed by atoms with Crippen molar-refractivity contribution in [3.05, 3.63) is 64.2 Å². The summed E-state index contributed by atoms with van der Waals surface area (Å²) >= 11 is 7.37. The molecule has 174 valence electrons. The van der Waals surface area contributed by atoms with Crippen LogP contribution < -0.4 is 4.72 Å². The first-order valence-electron chi connectivity index (χ1n) is 10.9. The molecule has 0 unspecified atom stereocenters. The van der Waals surface area contributed by atoms with Gasteiger partial charge in [-0.05, 0) is 73.0 Å². The molecule has 2 aromatic carbocycles. The third-order valence-electron chi connectivity index (χ3n) is 6.00. The number of benzene rings is 2. The zero-order chi connectivity index (χ0) is 21.8. The summed E-state index contributed by atoms with van der Waals surface area (Å²) in [7, 11) is -3.49. The summed E-state index contributed by atoms with van der Waals surface area (Å²) < 4.78 is 29.7. The van der Waals surface area contributed by atoms with Crippen molar-refractivity contribution >= 4 is 55.5 Å². The maximum absolute atomic E-state index is 12.8. The minimum Gasteiger partial charge on any atom is -0.299 e. The predicted molar refractivity (Wildman–Crippen MR) is 138 cm³/mol. The normalized spacial score (nSPS) is 14.3. The molecule has 4 rings (SSSR count). The summed E-state index contributed by atoms with van der Waals surface area (Å²) in [4.78, 5) is 2.53. The van der Waals surface area contributed by atoms with Crippen LogP contribution in [0.1, 0.15) is 42.4 Å². The van der Waals surface area contributed by atoms with E-state index in [1.54, 1.807) is 6.07 Å². The van der Waals surface area contributed by atoms with Gasteiger partial charge in [-0.2, -0.15) is 0 Å². The van der Waals surface area contributed by atoms with E-state index in [2.05, 4.69) is 33.9 Å². The molecule has 0 spiro atoms. The average molecular weight is 514 g/mol. The summed E-state index contributed by atoms with van der Waals surface area (Å²) in [6, 6.07) is 14.2. The number of nitrogens with zero attached hydrogens (tertiary/aromatic N) is 1. The quantitative estimate of drug-likeness (QED) is 0.348. The first kappa shape index (κ1) is 25.5. The van der Waals surface area contributed by atoms with E-state index >= 15 is 0 Å². The van der Waals surface area contributed by atoms with Crippen LogP contribution in [0.3, 0.4) is 0 Å². The molecule has 0 bridgehead atoms. The van der Waals surface area contributed by atoms with E-state index in [0.717, 1.165) is 67.4 Å². The van der Waals surface area contributed by atoms with Crippen LogP contribution in [0.5, 0.6) is 0 Å². The molecule has 32 heavy (non-hydrogen) atoms. The van der Waals surface area contributed by atoms with Gasteiger partial charge in [0.25, 0.3) is 0 Å². The summed E-state index contributed by atoms with van der Waals surface area (Å²) in [5.41, 5.74) is 3.73. The minimum atomic E-state index is -3.49. The predicted octanol–water partition coefficient (Wildman–Crippen LogP) is 6.18. The molecule has 0 aliphatic carbocycles. The number of halogens is 2. The van der Waals surface area contributed by atoms with Crippen molar-refractivity contribution in [3.8, 4) is 0 Å². The number of hydrogen-bond donors (Lipinski definition) is 1. The summed E-state index contributed by atoms with van der Waals surface area (Å²) in [5, 5.41) is 1.54. The third-order valence-corrected chi connectivity index (χ3v) is 9.59. The molecule has 3 aromatic rings. The number of unbranched alkanes of at least 4 members (excludes halogenated alkanes) is 3. The number of aryl methyl sites for hydroxylation is 1. The lowest BCUT2D eigenvalue weighted by atomic mass is 10.00. The van der Waals surface area contributed by atoms with Crippen LogP contribution in [-0.4, -0.2) is 33.0 Å². The van der Waals surface area contributed by atoms with E-state index in [1.165, 1.54) is 22.5 Å². The van der Waals surface area contributed by atoms with Crippen molar-refractivity contribution in [2.24, 2.45) is 0 Å². The summed E-state index contributed by atoms with van der Waals surface area (Å²) in [5.74, 6) is 0. The van der Waals surface area contributed by atoms with E-state index in [0.29, 0.717) is 15.8 Å². The van der Waals surface area contributed by atoms with Gasteiger partial charge < -0.3 is 0 Å². The minimum absolute atomic E-state index is 0. The van der Waals surface area contributed by atoms with Crippen LogP contribution in [-0.2, 0) is 23.0 Å². The van der Waals surface area contributed by atoms with Gasteiger partial charge in [0.1, 0.15) is 4.21 Å². The van der Waals surface area contributed by atoms with Crippen molar-refractivity contribution < 1.29 is 8.42 Å². The largest absolute Gasteiger partial charge is 0.299 e. The number of hydrogen-bond acceptors (Lipinski definition) is 4. The molecule has 4 nitrogen and oxygen atoms in total. The van der Waals surface area contributed by atoms with Crippen LogP contribution >= 0.6 is 35.3 Å². The molecule has 1 aliphatic rings. The van der Waals surface area contributed by atoms with Gasteiger partial charge in [-0.25, -0.2) is 13.1 Å². The number of rotatable bonds is 9. The van der Waals surface area contributed by atoms with E-state index in [4.69, 9.17) is 11.6 Å². The second kappa shape index (κ2) is 11.3. The summed E-state index contributed by atoms with van der Waals surface area (Å²) in [6.45, 7) is 5.63.